The molecule has 2 rings (SSSR count). The molecular weight excluding hydrogens is 336 g/mol. The average Bonchev–Trinajstić information content (AvgIpc) is 2.48. The predicted molar refractivity (Wildman–Crippen MR) is 83.3 cm³/mol. The quantitative estimate of drug-likeness (QED) is 0.805. The lowest BCUT2D eigenvalue weighted by molar-refractivity contribution is -0.131. The van der Waals surface area contributed by atoms with Crippen molar-refractivity contribution in [3.63, 3.8) is 0 Å². The third-order valence-corrected chi connectivity index (χ3v) is 3.33. The smallest absolute Gasteiger partial charge is 0.328 e. The summed E-state index contributed by atoms with van der Waals surface area (Å²) in [5.41, 5.74) is 1.57. The van der Waals surface area contributed by atoms with Gasteiger partial charge in [0.15, 0.2) is 0 Å². The Morgan fingerprint density at radius 1 is 1.19 bits per heavy atom. The highest BCUT2D eigenvalue weighted by molar-refractivity contribution is 9.10. The van der Waals surface area contributed by atoms with Crippen molar-refractivity contribution in [1.29, 1.82) is 0 Å². The fourth-order valence-corrected chi connectivity index (χ4v) is 2.14. The van der Waals surface area contributed by atoms with Crippen LogP contribution >= 0.6 is 15.9 Å². The number of halogens is 1. The Balaban J connectivity index is 2.14. The summed E-state index contributed by atoms with van der Waals surface area (Å²) in [6.45, 7) is -0.00537. The fraction of sp³-hybridized carbons (Fsp3) is 0.0625. The Labute approximate surface area is 130 Å². The lowest BCUT2D eigenvalue weighted by Gasteiger charge is -2.09. The summed E-state index contributed by atoms with van der Waals surface area (Å²) < 4.78 is 6.44. The van der Waals surface area contributed by atoms with Crippen LogP contribution in [0.25, 0.3) is 6.08 Å². The van der Waals surface area contributed by atoms with E-state index < -0.39 is 5.97 Å². The number of carboxylic acids is 1. The van der Waals surface area contributed by atoms with Crippen LogP contribution < -0.4 is 4.74 Å². The second-order valence-electron chi connectivity index (χ2n) is 4.27. The minimum Gasteiger partial charge on any atom is -0.478 e. The molecular formula is C16H13BrO4. The van der Waals surface area contributed by atoms with E-state index in [4.69, 9.17) is 14.9 Å². The Bertz CT molecular complexity index is 662. The summed E-state index contributed by atoms with van der Waals surface area (Å²) in [6.07, 6.45) is 2.59. The summed E-state index contributed by atoms with van der Waals surface area (Å²) in [4.78, 5) is 10.5. The van der Waals surface area contributed by atoms with Crippen molar-refractivity contribution in [3.8, 4) is 11.5 Å². The minimum absolute atomic E-state index is 0.00537. The highest BCUT2D eigenvalue weighted by Gasteiger charge is 2.04. The van der Waals surface area contributed by atoms with Crippen LogP contribution in [-0.2, 0) is 11.4 Å². The Kier molecular flexibility index (Phi) is 5.14. The van der Waals surface area contributed by atoms with Crippen LogP contribution in [0.5, 0.6) is 11.5 Å². The van der Waals surface area contributed by atoms with E-state index in [2.05, 4.69) is 15.9 Å². The van der Waals surface area contributed by atoms with Crippen LogP contribution in [0.4, 0.5) is 0 Å². The van der Waals surface area contributed by atoms with Crippen molar-refractivity contribution in [2.24, 2.45) is 0 Å². The number of hydrogen-bond acceptors (Lipinski definition) is 3. The molecule has 2 aromatic rings. The van der Waals surface area contributed by atoms with E-state index in [1.54, 1.807) is 42.5 Å². The zero-order valence-electron chi connectivity index (χ0n) is 11.0. The normalized spacial score (nSPS) is 10.8. The Morgan fingerprint density at radius 2 is 1.90 bits per heavy atom. The molecule has 0 radical (unpaired) electrons. The molecule has 2 N–H and O–H groups in total. The summed E-state index contributed by atoms with van der Waals surface area (Å²) in [6, 6.07) is 12.4. The maximum Gasteiger partial charge on any atom is 0.328 e. The van der Waals surface area contributed by atoms with Gasteiger partial charge in [-0.2, -0.15) is 0 Å². The van der Waals surface area contributed by atoms with E-state index >= 15 is 0 Å². The van der Waals surface area contributed by atoms with Gasteiger partial charge in [-0.3, -0.25) is 0 Å². The molecule has 0 aliphatic rings. The molecule has 0 spiro atoms. The first kappa shape index (κ1) is 15.3. The number of aliphatic hydroxyl groups excluding tert-OH is 1. The number of carboxylic acid groups (broad SMARTS) is 1. The van der Waals surface area contributed by atoms with E-state index in [0.717, 1.165) is 21.7 Å². The summed E-state index contributed by atoms with van der Waals surface area (Å²) >= 11 is 3.39. The number of carbonyl (C=O) groups is 1. The van der Waals surface area contributed by atoms with Gasteiger partial charge < -0.3 is 14.9 Å². The lowest BCUT2D eigenvalue weighted by Crippen LogP contribution is -1.88. The molecule has 0 heterocycles. The van der Waals surface area contributed by atoms with E-state index in [0.29, 0.717) is 11.5 Å². The highest BCUT2D eigenvalue weighted by Crippen LogP contribution is 2.31. The molecule has 2 aromatic carbocycles. The van der Waals surface area contributed by atoms with Crippen molar-refractivity contribution in [1.82, 2.24) is 0 Å². The van der Waals surface area contributed by atoms with E-state index in [1.165, 1.54) is 6.08 Å². The van der Waals surface area contributed by atoms with Crippen molar-refractivity contribution in [2.45, 2.75) is 6.61 Å². The molecule has 0 saturated carbocycles. The van der Waals surface area contributed by atoms with Gasteiger partial charge in [-0.05, 0) is 57.4 Å². The van der Waals surface area contributed by atoms with Crippen molar-refractivity contribution < 1.29 is 19.7 Å². The van der Waals surface area contributed by atoms with Crippen molar-refractivity contribution >= 4 is 28.0 Å². The standard InChI is InChI=1S/C16H13BrO4/c17-14-9-11(4-8-16(19)20)3-7-15(14)21-13-5-1-12(10-18)2-6-13/h1-9,18H,10H2,(H,19,20)/b8-4+. The van der Waals surface area contributed by atoms with Crippen molar-refractivity contribution in [2.75, 3.05) is 0 Å². The summed E-state index contributed by atoms with van der Waals surface area (Å²) in [5.74, 6) is 0.288. The van der Waals surface area contributed by atoms with Gasteiger partial charge in [0.25, 0.3) is 0 Å². The number of hydrogen-bond donors (Lipinski definition) is 2. The Hall–Kier alpha value is -2.11. The van der Waals surface area contributed by atoms with Gasteiger partial charge in [-0.1, -0.05) is 18.2 Å². The maximum absolute atomic E-state index is 10.5. The second kappa shape index (κ2) is 7.06. The molecule has 108 valence electrons. The monoisotopic (exact) mass is 348 g/mol. The molecule has 0 aliphatic carbocycles. The molecule has 0 atom stereocenters. The lowest BCUT2D eigenvalue weighted by atomic mass is 10.2. The summed E-state index contributed by atoms with van der Waals surface area (Å²) in [7, 11) is 0. The molecule has 5 heteroatoms. The molecule has 0 aliphatic heterocycles. The Morgan fingerprint density at radius 3 is 2.48 bits per heavy atom. The van der Waals surface area contributed by atoms with E-state index in [9.17, 15) is 4.79 Å². The molecule has 0 amide bonds. The number of ether oxygens (including phenoxy) is 1. The minimum atomic E-state index is -0.990. The highest BCUT2D eigenvalue weighted by atomic mass is 79.9. The first-order chi connectivity index (χ1) is 10.1. The zero-order valence-corrected chi connectivity index (χ0v) is 12.6. The number of rotatable bonds is 5. The van der Waals surface area contributed by atoms with Gasteiger partial charge >= 0.3 is 5.97 Å². The molecule has 0 bridgehead atoms. The molecule has 0 fully saturated rings. The summed E-state index contributed by atoms with van der Waals surface area (Å²) in [5, 5.41) is 17.6. The van der Waals surface area contributed by atoms with Crippen molar-refractivity contribution in [3.05, 3.63) is 64.1 Å². The molecule has 0 saturated heterocycles. The van der Waals surface area contributed by atoms with Gasteiger partial charge in [0, 0.05) is 6.08 Å². The molecule has 0 unspecified atom stereocenters. The van der Waals surface area contributed by atoms with E-state index in [1.807, 2.05) is 0 Å². The predicted octanol–water partition coefficient (Wildman–Crippen LogP) is 3.83. The second-order valence-corrected chi connectivity index (χ2v) is 5.12. The SMILES string of the molecule is O=C(O)/C=C/c1ccc(Oc2ccc(CO)cc2)c(Br)c1. The van der Waals surface area contributed by atoms with Crippen LogP contribution in [0, 0.1) is 0 Å². The van der Waals surface area contributed by atoms with Gasteiger partial charge in [-0.25, -0.2) is 4.79 Å². The fourth-order valence-electron chi connectivity index (χ4n) is 1.66. The number of aliphatic carboxylic acids is 1. The zero-order chi connectivity index (χ0) is 15.2. The molecule has 21 heavy (non-hydrogen) atoms. The number of benzene rings is 2. The molecule has 4 nitrogen and oxygen atoms in total. The van der Waals surface area contributed by atoms with Gasteiger partial charge in [0.05, 0.1) is 11.1 Å². The van der Waals surface area contributed by atoms with Crippen LogP contribution in [-0.4, -0.2) is 16.2 Å². The van der Waals surface area contributed by atoms with Crippen LogP contribution in [0.1, 0.15) is 11.1 Å². The largest absolute Gasteiger partial charge is 0.478 e. The number of aliphatic hydroxyl groups is 1. The van der Waals surface area contributed by atoms with Gasteiger partial charge in [0.1, 0.15) is 11.5 Å². The van der Waals surface area contributed by atoms with E-state index in [-0.39, 0.29) is 6.61 Å². The molecule has 0 aromatic heterocycles. The van der Waals surface area contributed by atoms with Gasteiger partial charge in [0.2, 0.25) is 0 Å². The van der Waals surface area contributed by atoms with Gasteiger partial charge in [-0.15, -0.1) is 0 Å². The third-order valence-electron chi connectivity index (χ3n) is 2.71. The third kappa shape index (κ3) is 4.44. The topological polar surface area (TPSA) is 66.8 Å². The van der Waals surface area contributed by atoms with Crippen LogP contribution in [0.15, 0.2) is 53.0 Å². The first-order valence-corrected chi connectivity index (χ1v) is 6.96. The maximum atomic E-state index is 10.5. The average molecular weight is 349 g/mol. The van der Waals surface area contributed by atoms with Crippen LogP contribution in [0.3, 0.4) is 0 Å². The first-order valence-electron chi connectivity index (χ1n) is 6.16. The van der Waals surface area contributed by atoms with Crippen LogP contribution in [0.2, 0.25) is 0 Å².